The number of carboxylic acids is 1. The molecule has 0 spiro atoms. The van der Waals surface area contributed by atoms with E-state index >= 15 is 0 Å². The van der Waals surface area contributed by atoms with E-state index in [0.29, 0.717) is 5.03 Å². The van der Waals surface area contributed by atoms with Crippen LogP contribution < -0.4 is 4.72 Å². The van der Waals surface area contributed by atoms with E-state index in [1.54, 1.807) is 18.2 Å². The largest absolute Gasteiger partial charge is 0.480 e. The SMILES string of the molecule is O=C(O)[C@@H](NSc1ccccn1)C(S)[N+](=O)[O-]. The van der Waals surface area contributed by atoms with Gasteiger partial charge in [0.05, 0.1) is 0 Å². The first kappa shape index (κ1) is 13.7. The molecule has 0 aliphatic heterocycles. The molecule has 0 fully saturated rings. The number of nitro groups is 1. The van der Waals surface area contributed by atoms with Crippen molar-refractivity contribution in [3.05, 3.63) is 34.5 Å². The maximum Gasteiger partial charge on any atom is 0.329 e. The van der Waals surface area contributed by atoms with E-state index in [9.17, 15) is 14.9 Å². The minimum absolute atomic E-state index is 0.516. The highest BCUT2D eigenvalue weighted by Gasteiger charge is 2.34. The van der Waals surface area contributed by atoms with Gasteiger partial charge < -0.3 is 5.11 Å². The summed E-state index contributed by atoms with van der Waals surface area (Å²) in [6, 6.07) is 3.67. The fourth-order valence-corrected chi connectivity index (χ4v) is 1.93. The fourth-order valence-electron chi connectivity index (χ4n) is 0.892. The topological polar surface area (TPSA) is 105 Å². The molecule has 0 bridgehead atoms. The number of aromatic nitrogens is 1. The molecule has 0 saturated carbocycles. The number of carbonyl (C=O) groups is 1. The van der Waals surface area contributed by atoms with Crippen molar-refractivity contribution >= 4 is 30.5 Å². The van der Waals surface area contributed by atoms with E-state index in [4.69, 9.17) is 5.11 Å². The summed E-state index contributed by atoms with van der Waals surface area (Å²) in [4.78, 5) is 24.4. The van der Waals surface area contributed by atoms with Crippen LogP contribution in [0.3, 0.4) is 0 Å². The number of thiol groups is 1. The standard InChI is InChI=1S/C8H9N3O4S2/c12-8(13)6(7(16)11(14)15)10-17-5-3-1-2-4-9-5/h1-4,6-7,10,16H,(H,12,13)/t6-,7?/m0/s1. The van der Waals surface area contributed by atoms with E-state index in [2.05, 4.69) is 22.3 Å². The Kier molecular flexibility index (Phi) is 5.19. The zero-order chi connectivity index (χ0) is 12.8. The molecule has 1 aromatic heterocycles. The van der Waals surface area contributed by atoms with Crippen LogP contribution in [-0.2, 0) is 4.79 Å². The summed E-state index contributed by atoms with van der Waals surface area (Å²) >= 11 is 4.54. The minimum atomic E-state index is -1.52. The molecule has 1 heterocycles. The van der Waals surface area contributed by atoms with Crippen molar-refractivity contribution in [2.24, 2.45) is 0 Å². The second-order valence-corrected chi connectivity index (χ2v) is 4.29. The zero-order valence-corrected chi connectivity index (χ0v) is 10.1. The molecule has 0 radical (unpaired) electrons. The van der Waals surface area contributed by atoms with Crippen molar-refractivity contribution in [1.82, 2.24) is 9.71 Å². The molecular formula is C8H9N3O4S2. The molecule has 0 aliphatic rings. The first-order valence-electron chi connectivity index (χ1n) is 4.40. The summed E-state index contributed by atoms with van der Waals surface area (Å²) in [7, 11) is 0. The predicted octanol–water partition coefficient (Wildman–Crippen LogP) is 0.664. The highest BCUT2D eigenvalue weighted by Crippen LogP contribution is 2.14. The van der Waals surface area contributed by atoms with Crippen molar-refractivity contribution in [2.75, 3.05) is 0 Å². The van der Waals surface area contributed by atoms with E-state index in [1.807, 2.05) is 0 Å². The van der Waals surface area contributed by atoms with Crippen LogP contribution in [0.1, 0.15) is 0 Å². The Morgan fingerprint density at radius 3 is 2.82 bits per heavy atom. The number of rotatable bonds is 6. The van der Waals surface area contributed by atoms with Crippen LogP contribution in [0.25, 0.3) is 0 Å². The fraction of sp³-hybridized carbons (Fsp3) is 0.250. The first-order valence-corrected chi connectivity index (χ1v) is 5.73. The summed E-state index contributed by atoms with van der Waals surface area (Å²) in [6.07, 6.45) is 1.53. The van der Waals surface area contributed by atoms with Gasteiger partial charge in [-0.3, -0.25) is 14.9 Å². The number of aliphatic carboxylic acids is 1. The van der Waals surface area contributed by atoms with Crippen LogP contribution in [0, 0.1) is 10.1 Å². The van der Waals surface area contributed by atoms with Gasteiger partial charge in [-0.05, 0) is 24.1 Å². The van der Waals surface area contributed by atoms with Crippen molar-refractivity contribution in [2.45, 2.75) is 16.4 Å². The van der Waals surface area contributed by atoms with Crippen LogP contribution in [0.4, 0.5) is 0 Å². The van der Waals surface area contributed by atoms with Crippen LogP contribution in [0.5, 0.6) is 0 Å². The van der Waals surface area contributed by atoms with Crippen LogP contribution in [0.2, 0.25) is 0 Å². The number of pyridine rings is 1. The van der Waals surface area contributed by atoms with Gasteiger partial charge in [0, 0.05) is 11.1 Å². The smallest absolute Gasteiger partial charge is 0.329 e. The Morgan fingerprint density at radius 1 is 1.65 bits per heavy atom. The highest BCUT2D eigenvalue weighted by atomic mass is 32.2. The third kappa shape index (κ3) is 4.21. The Hall–Kier alpha value is -1.32. The van der Waals surface area contributed by atoms with E-state index in [-0.39, 0.29) is 0 Å². The minimum Gasteiger partial charge on any atom is -0.480 e. The first-order chi connectivity index (χ1) is 8.02. The van der Waals surface area contributed by atoms with Gasteiger partial charge in [-0.15, -0.1) is 0 Å². The third-order valence-corrected chi connectivity index (χ3v) is 3.02. The van der Waals surface area contributed by atoms with Gasteiger partial charge in [-0.25, -0.2) is 9.71 Å². The molecular weight excluding hydrogens is 266 g/mol. The number of hydrogen-bond donors (Lipinski definition) is 3. The number of nitrogens with zero attached hydrogens (tertiary/aromatic N) is 2. The lowest BCUT2D eigenvalue weighted by atomic mass is 10.3. The zero-order valence-electron chi connectivity index (χ0n) is 8.39. The average molecular weight is 275 g/mol. The summed E-state index contributed by atoms with van der Waals surface area (Å²) in [6.45, 7) is 0. The molecule has 0 saturated heterocycles. The lowest BCUT2D eigenvalue weighted by Gasteiger charge is -2.13. The molecule has 0 aliphatic carbocycles. The van der Waals surface area contributed by atoms with Gasteiger partial charge in [0.1, 0.15) is 5.03 Å². The summed E-state index contributed by atoms with van der Waals surface area (Å²) in [5, 5.41) is 18.3. The Morgan fingerprint density at radius 2 is 2.35 bits per heavy atom. The maximum absolute atomic E-state index is 10.8. The quantitative estimate of drug-likeness (QED) is 0.230. The molecule has 92 valence electrons. The van der Waals surface area contributed by atoms with Gasteiger partial charge in [0.15, 0.2) is 6.04 Å². The number of nitrogens with one attached hydrogen (secondary N) is 1. The molecule has 0 amide bonds. The second-order valence-electron chi connectivity index (χ2n) is 2.90. The Balaban J connectivity index is 2.63. The van der Waals surface area contributed by atoms with E-state index in [1.165, 1.54) is 6.20 Å². The summed E-state index contributed by atoms with van der Waals surface area (Å²) in [5.41, 5.74) is 0. The molecule has 2 N–H and O–H groups in total. The van der Waals surface area contributed by atoms with Gasteiger partial charge in [-0.2, -0.15) is 0 Å². The second kappa shape index (κ2) is 6.42. The lowest BCUT2D eigenvalue weighted by Crippen LogP contribution is -2.44. The van der Waals surface area contributed by atoms with Crippen molar-refractivity contribution < 1.29 is 14.8 Å². The molecule has 1 rings (SSSR count). The van der Waals surface area contributed by atoms with E-state index in [0.717, 1.165) is 11.9 Å². The normalized spacial score (nSPS) is 13.9. The predicted molar refractivity (Wildman–Crippen MR) is 64.4 cm³/mol. The van der Waals surface area contributed by atoms with Crippen molar-refractivity contribution in [1.29, 1.82) is 0 Å². The molecule has 2 atom stereocenters. The van der Waals surface area contributed by atoms with Gasteiger partial charge in [0.2, 0.25) is 0 Å². The van der Waals surface area contributed by atoms with Gasteiger partial charge in [-0.1, -0.05) is 18.7 Å². The highest BCUT2D eigenvalue weighted by molar-refractivity contribution is 7.97. The third-order valence-electron chi connectivity index (χ3n) is 1.71. The molecule has 9 heteroatoms. The van der Waals surface area contributed by atoms with Crippen molar-refractivity contribution in [3.8, 4) is 0 Å². The van der Waals surface area contributed by atoms with Gasteiger partial charge >= 0.3 is 5.97 Å². The van der Waals surface area contributed by atoms with E-state index < -0.39 is 22.3 Å². The molecule has 17 heavy (non-hydrogen) atoms. The Bertz CT molecular complexity index is 403. The Labute approximate surface area is 106 Å². The van der Waals surface area contributed by atoms with Gasteiger partial charge in [0.25, 0.3) is 5.37 Å². The van der Waals surface area contributed by atoms with Crippen LogP contribution >= 0.6 is 24.6 Å². The summed E-state index contributed by atoms with van der Waals surface area (Å²) in [5.74, 6) is -1.34. The molecule has 7 nitrogen and oxygen atoms in total. The van der Waals surface area contributed by atoms with Crippen molar-refractivity contribution in [3.63, 3.8) is 0 Å². The number of hydrogen-bond acceptors (Lipinski definition) is 7. The van der Waals surface area contributed by atoms with Crippen LogP contribution in [0.15, 0.2) is 29.4 Å². The average Bonchev–Trinajstić information content (AvgIpc) is 2.29. The molecule has 1 unspecified atom stereocenters. The van der Waals surface area contributed by atoms with Crippen LogP contribution in [-0.4, -0.2) is 32.4 Å². The number of carboxylic acid groups (broad SMARTS) is 1. The molecule has 1 aromatic rings. The summed E-state index contributed by atoms with van der Waals surface area (Å²) < 4.78 is 2.45. The maximum atomic E-state index is 10.8. The lowest BCUT2D eigenvalue weighted by molar-refractivity contribution is -0.496. The molecule has 0 aromatic carbocycles. The monoisotopic (exact) mass is 275 g/mol.